The van der Waals surface area contributed by atoms with E-state index < -0.39 is 11.0 Å². The van der Waals surface area contributed by atoms with Gasteiger partial charge in [-0.05, 0) is 48.4 Å². The minimum Gasteiger partial charge on any atom is -0.495 e. The lowest BCUT2D eigenvalue weighted by Crippen LogP contribution is -2.26. The molecule has 1 aliphatic heterocycles. The quantitative estimate of drug-likeness (QED) is 0.351. The van der Waals surface area contributed by atoms with Crippen molar-refractivity contribution in [1.82, 2.24) is 14.7 Å². The van der Waals surface area contributed by atoms with Gasteiger partial charge in [-0.1, -0.05) is 6.07 Å². The van der Waals surface area contributed by atoms with Crippen molar-refractivity contribution in [1.29, 1.82) is 5.26 Å². The van der Waals surface area contributed by atoms with Gasteiger partial charge in [0.25, 0.3) is 0 Å². The predicted molar refractivity (Wildman–Crippen MR) is 142 cm³/mol. The average Bonchev–Trinajstić information content (AvgIpc) is 2.94. The highest BCUT2D eigenvalue weighted by Gasteiger charge is 2.18. The molecule has 0 bridgehead atoms. The topological polar surface area (TPSA) is 158 Å². The van der Waals surface area contributed by atoms with Gasteiger partial charge in [0.05, 0.1) is 36.5 Å². The molecule has 1 atom stereocenters. The third-order valence-corrected chi connectivity index (χ3v) is 7.12. The number of methoxy groups -OCH3 is 1. The Kier molecular flexibility index (Phi) is 11.1. The summed E-state index contributed by atoms with van der Waals surface area (Å²) in [5.41, 5.74) is 2.88. The molecule has 4 rings (SSSR count). The molecule has 2 heterocycles. The van der Waals surface area contributed by atoms with Crippen molar-refractivity contribution in [3.63, 3.8) is 0 Å². The molecule has 10 nitrogen and oxygen atoms in total. The molecule has 1 unspecified atom stereocenters. The number of aliphatic hydroxyl groups is 1. The van der Waals surface area contributed by atoms with E-state index in [0.29, 0.717) is 66.1 Å². The van der Waals surface area contributed by atoms with Gasteiger partial charge in [0.2, 0.25) is 0 Å². The second kappa shape index (κ2) is 14.5. The molecule has 202 valence electrons. The third-order valence-electron chi connectivity index (χ3n) is 5.92. The fraction of sp³-hybridized carbons (Fsp3) is 0.370. The van der Waals surface area contributed by atoms with Gasteiger partial charge < -0.3 is 24.8 Å². The summed E-state index contributed by atoms with van der Waals surface area (Å²) in [6.07, 6.45) is 4.33. The lowest BCUT2D eigenvalue weighted by atomic mass is 10.1. The molecule has 4 N–H and O–H groups in total. The third kappa shape index (κ3) is 7.56. The van der Waals surface area contributed by atoms with Crippen LogP contribution in [0.3, 0.4) is 0 Å². The fourth-order valence-corrected chi connectivity index (χ4v) is 4.98. The summed E-state index contributed by atoms with van der Waals surface area (Å²) in [6, 6.07) is 15.0. The van der Waals surface area contributed by atoms with E-state index in [2.05, 4.69) is 15.8 Å². The number of nitrogens with one attached hydrogen (secondary N) is 1. The van der Waals surface area contributed by atoms with Crippen molar-refractivity contribution in [2.45, 2.75) is 36.7 Å². The molecule has 1 aromatic heterocycles. The number of hydrogen-bond acceptors (Lipinski definition) is 8. The highest BCUT2D eigenvalue weighted by atomic mass is 32.2. The number of benzene rings is 2. The van der Waals surface area contributed by atoms with E-state index >= 15 is 0 Å². The zero-order chi connectivity index (χ0) is 26.0. The van der Waals surface area contributed by atoms with Crippen LogP contribution in [-0.4, -0.2) is 64.3 Å². The number of ether oxygens (including phenoxy) is 3. The highest BCUT2D eigenvalue weighted by Crippen LogP contribution is 2.28. The fourth-order valence-electron chi connectivity index (χ4n) is 3.98. The molecule has 2 aromatic carbocycles. The maximum absolute atomic E-state index is 12.5. The average molecular weight is 541 g/mol. The van der Waals surface area contributed by atoms with E-state index in [4.69, 9.17) is 24.3 Å². The minimum absolute atomic E-state index is 0. The Bertz CT molecular complexity index is 1280. The molecule has 1 fully saturated rings. The van der Waals surface area contributed by atoms with Gasteiger partial charge in [0.1, 0.15) is 40.5 Å². The monoisotopic (exact) mass is 540 g/mol. The lowest BCUT2D eigenvalue weighted by molar-refractivity contribution is 0.0254. The number of nitriles is 1. The van der Waals surface area contributed by atoms with Gasteiger partial charge in [-0.3, -0.25) is 0 Å². The van der Waals surface area contributed by atoms with E-state index in [1.807, 2.05) is 30.3 Å². The lowest BCUT2D eigenvalue weighted by Gasteiger charge is -2.23. The molecular formula is C27H32N4O6S. The Morgan fingerprint density at radius 1 is 1.18 bits per heavy atom. The first-order chi connectivity index (χ1) is 18.1. The number of aliphatic hydroxyl groups excluding tert-OH is 1. The van der Waals surface area contributed by atoms with E-state index in [0.717, 1.165) is 24.0 Å². The second-order valence-corrected chi connectivity index (χ2v) is 9.78. The van der Waals surface area contributed by atoms with E-state index in [-0.39, 0.29) is 18.2 Å². The normalized spacial score (nSPS) is 14.2. The predicted octanol–water partition coefficient (Wildman–Crippen LogP) is 2.34. The van der Waals surface area contributed by atoms with E-state index in [1.165, 1.54) is 7.11 Å². The number of hydrogen-bond donors (Lipinski definition) is 2. The van der Waals surface area contributed by atoms with Crippen LogP contribution in [-0.2, 0) is 22.1 Å². The molecule has 1 saturated heterocycles. The van der Waals surface area contributed by atoms with E-state index in [1.54, 1.807) is 18.3 Å². The Hall–Kier alpha value is -3.40. The molecule has 0 radical (unpaired) electrons. The summed E-state index contributed by atoms with van der Waals surface area (Å²) in [6.45, 7) is 1.81. The Morgan fingerprint density at radius 2 is 2.00 bits per heavy atom. The van der Waals surface area contributed by atoms with Crippen LogP contribution >= 0.6 is 0 Å². The van der Waals surface area contributed by atoms with Crippen LogP contribution in [0.4, 0.5) is 0 Å². The largest absolute Gasteiger partial charge is 0.495 e. The molecule has 11 heteroatoms. The van der Waals surface area contributed by atoms with Gasteiger partial charge in [-0.2, -0.15) is 5.26 Å². The van der Waals surface area contributed by atoms with Gasteiger partial charge in [0.15, 0.2) is 0 Å². The van der Waals surface area contributed by atoms with Crippen LogP contribution in [0, 0.1) is 11.3 Å². The Labute approximate surface area is 224 Å². The van der Waals surface area contributed by atoms with Crippen LogP contribution in [0.1, 0.15) is 36.2 Å². The van der Waals surface area contributed by atoms with Gasteiger partial charge in [-0.15, -0.1) is 0 Å². The SMILES string of the molecule is COc1cc(Cc2nccc(-c3ccc(OC4CCOCC4)c(C#N)c3)n2)ccc1S(=O)NCCCO.O. The zero-order valence-electron chi connectivity index (χ0n) is 21.2. The van der Waals surface area contributed by atoms with Crippen molar-refractivity contribution >= 4 is 11.0 Å². The first-order valence-electron chi connectivity index (χ1n) is 12.1. The van der Waals surface area contributed by atoms with Gasteiger partial charge in [0, 0.05) is 44.2 Å². The summed E-state index contributed by atoms with van der Waals surface area (Å²) >= 11 is 0. The first-order valence-corrected chi connectivity index (χ1v) is 13.3. The summed E-state index contributed by atoms with van der Waals surface area (Å²) in [5.74, 6) is 1.68. The van der Waals surface area contributed by atoms with Crippen LogP contribution in [0.5, 0.6) is 11.5 Å². The number of aromatic nitrogens is 2. The summed E-state index contributed by atoms with van der Waals surface area (Å²) in [5, 5.41) is 18.6. The Morgan fingerprint density at radius 3 is 2.74 bits per heavy atom. The van der Waals surface area contributed by atoms with Gasteiger partial charge in [-0.25, -0.2) is 18.9 Å². The van der Waals surface area contributed by atoms with Crippen molar-refractivity contribution in [2.24, 2.45) is 0 Å². The maximum Gasteiger partial charge on any atom is 0.137 e. The number of rotatable bonds is 11. The summed E-state index contributed by atoms with van der Waals surface area (Å²) in [7, 11) is 0.0867. The number of nitrogens with zero attached hydrogens (tertiary/aromatic N) is 3. The minimum atomic E-state index is -1.45. The van der Waals surface area contributed by atoms with Crippen molar-refractivity contribution in [3.05, 3.63) is 65.6 Å². The molecule has 0 aliphatic carbocycles. The molecule has 0 amide bonds. The van der Waals surface area contributed by atoms with Crippen LogP contribution in [0.15, 0.2) is 53.6 Å². The standard InChI is InChI=1S/C27H30N4O5S.H2O/c1-34-25-15-19(3-6-26(25)37(33)30-10-2-12-32)16-27-29-11-7-23(31-27)20-4-5-24(21(17-20)18-28)36-22-8-13-35-14-9-22;/h3-7,11,15,17,22,30,32H,2,8-10,12-14,16H2,1H3;1H2. The Balaban J connectivity index is 0.00000400. The molecule has 1 aliphatic rings. The van der Waals surface area contributed by atoms with Gasteiger partial charge >= 0.3 is 0 Å². The smallest absolute Gasteiger partial charge is 0.137 e. The summed E-state index contributed by atoms with van der Waals surface area (Å²) in [4.78, 5) is 9.65. The van der Waals surface area contributed by atoms with E-state index in [9.17, 15) is 9.47 Å². The second-order valence-electron chi connectivity index (χ2n) is 8.51. The van der Waals surface area contributed by atoms with Crippen LogP contribution in [0.25, 0.3) is 11.3 Å². The van der Waals surface area contributed by atoms with Crippen molar-refractivity contribution < 1.29 is 29.0 Å². The van der Waals surface area contributed by atoms with Crippen molar-refractivity contribution in [3.8, 4) is 28.8 Å². The summed E-state index contributed by atoms with van der Waals surface area (Å²) < 4.78 is 32.3. The molecular weight excluding hydrogens is 508 g/mol. The first kappa shape index (κ1) is 29.2. The van der Waals surface area contributed by atoms with Crippen molar-refractivity contribution in [2.75, 3.05) is 33.5 Å². The zero-order valence-corrected chi connectivity index (χ0v) is 22.0. The molecule has 38 heavy (non-hydrogen) atoms. The maximum atomic E-state index is 12.5. The van der Waals surface area contributed by atoms with Crippen LogP contribution in [0.2, 0.25) is 0 Å². The molecule has 0 spiro atoms. The highest BCUT2D eigenvalue weighted by molar-refractivity contribution is 7.83. The molecule has 0 saturated carbocycles. The molecule has 3 aromatic rings. The van der Waals surface area contributed by atoms with Crippen LogP contribution < -0.4 is 14.2 Å².